The predicted octanol–water partition coefficient (Wildman–Crippen LogP) is 6.03. The Bertz CT molecular complexity index is 455. The number of benzene rings is 1. The molecule has 144 valence electrons. The molecule has 0 bridgehead atoms. The van der Waals surface area contributed by atoms with Gasteiger partial charge in [-0.3, -0.25) is 0 Å². The summed E-state index contributed by atoms with van der Waals surface area (Å²) in [6, 6.07) is 6.56. The summed E-state index contributed by atoms with van der Waals surface area (Å²) in [7, 11) is 3.20. The molecule has 0 aliphatic carbocycles. The molecule has 25 heavy (non-hydrogen) atoms. The second kappa shape index (κ2) is 11.6. The van der Waals surface area contributed by atoms with Crippen LogP contribution in [0.4, 0.5) is 4.39 Å². The van der Waals surface area contributed by atoms with Gasteiger partial charge in [0, 0.05) is 14.2 Å². The van der Waals surface area contributed by atoms with Gasteiger partial charge >= 0.3 is 0 Å². The molecular formula is C21H35FO3. The van der Waals surface area contributed by atoms with Crippen LogP contribution in [0.2, 0.25) is 0 Å². The van der Waals surface area contributed by atoms with Crippen molar-refractivity contribution in [3.05, 3.63) is 35.6 Å². The fourth-order valence-electron chi connectivity index (χ4n) is 3.25. The zero-order valence-electron chi connectivity index (χ0n) is 16.5. The average Bonchev–Trinajstić information content (AvgIpc) is 2.60. The molecule has 0 radical (unpaired) electrons. The molecule has 0 heterocycles. The van der Waals surface area contributed by atoms with Gasteiger partial charge in [0.2, 0.25) is 0 Å². The van der Waals surface area contributed by atoms with Gasteiger partial charge in [-0.15, -0.1) is 0 Å². The van der Waals surface area contributed by atoms with Crippen molar-refractivity contribution in [2.45, 2.75) is 83.7 Å². The van der Waals surface area contributed by atoms with Crippen molar-refractivity contribution in [3.63, 3.8) is 0 Å². The maximum Gasteiger partial charge on any atom is 0.289 e. The van der Waals surface area contributed by atoms with E-state index < -0.39 is 5.97 Å². The van der Waals surface area contributed by atoms with Gasteiger partial charge in [-0.1, -0.05) is 57.6 Å². The number of ether oxygens (including phenoxy) is 3. The minimum absolute atomic E-state index is 0.0487. The van der Waals surface area contributed by atoms with Crippen molar-refractivity contribution >= 4 is 0 Å². The van der Waals surface area contributed by atoms with Crippen molar-refractivity contribution in [1.82, 2.24) is 0 Å². The minimum atomic E-state index is -1.16. The highest BCUT2D eigenvalue weighted by atomic mass is 19.1. The average molecular weight is 355 g/mol. The zero-order valence-corrected chi connectivity index (χ0v) is 16.5. The molecule has 1 aromatic rings. The quantitative estimate of drug-likeness (QED) is 0.320. The maximum absolute atomic E-state index is 13.4. The smallest absolute Gasteiger partial charge is 0.289 e. The number of rotatable bonds is 13. The molecule has 4 heteroatoms. The van der Waals surface area contributed by atoms with E-state index in [2.05, 4.69) is 6.92 Å². The fraction of sp³-hybridized carbons (Fsp3) is 0.714. The molecule has 0 aliphatic heterocycles. The van der Waals surface area contributed by atoms with Gasteiger partial charge in [-0.2, -0.15) is 0 Å². The molecule has 1 unspecified atom stereocenters. The summed E-state index contributed by atoms with van der Waals surface area (Å²) in [5.74, 6) is -1.51. The van der Waals surface area contributed by atoms with E-state index >= 15 is 0 Å². The lowest BCUT2D eigenvalue weighted by Gasteiger charge is -2.39. The highest BCUT2D eigenvalue weighted by Gasteiger charge is 2.42. The van der Waals surface area contributed by atoms with Gasteiger partial charge < -0.3 is 14.2 Å². The molecule has 0 aromatic heterocycles. The number of hydrogen-bond acceptors (Lipinski definition) is 3. The lowest BCUT2D eigenvalue weighted by Crippen LogP contribution is -2.45. The summed E-state index contributed by atoms with van der Waals surface area (Å²) in [5, 5.41) is 0. The van der Waals surface area contributed by atoms with Crippen LogP contribution in [0.15, 0.2) is 24.3 Å². The van der Waals surface area contributed by atoms with Gasteiger partial charge in [-0.05, 0) is 38.0 Å². The second-order valence-electron chi connectivity index (χ2n) is 6.84. The topological polar surface area (TPSA) is 27.7 Å². The molecular weight excluding hydrogens is 319 g/mol. The Morgan fingerprint density at radius 3 is 2.00 bits per heavy atom. The van der Waals surface area contributed by atoms with E-state index in [4.69, 9.17) is 14.2 Å². The highest BCUT2D eigenvalue weighted by Crippen LogP contribution is 2.38. The number of methoxy groups -OCH3 is 2. The van der Waals surface area contributed by atoms with Gasteiger partial charge in [0.1, 0.15) is 5.82 Å². The Kier molecular flexibility index (Phi) is 10.2. The Labute approximate surface area is 152 Å². The van der Waals surface area contributed by atoms with Crippen molar-refractivity contribution in [2.24, 2.45) is 0 Å². The summed E-state index contributed by atoms with van der Waals surface area (Å²) in [5.41, 5.74) is 0.972. The number of halogens is 1. The van der Waals surface area contributed by atoms with E-state index in [1.165, 1.54) is 44.2 Å². The fourth-order valence-corrected chi connectivity index (χ4v) is 3.25. The first-order valence-electron chi connectivity index (χ1n) is 9.52. The Morgan fingerprint density at radius 1 is 0.920 bits per heavy atom. The first-order valence-corrected chi connectivity index (χ1v) is 9.52. The standard InChI is InChI=1S/C21H35FO3/c1-6-7-8-9-10-11-12-20(18-13-15-19(22)16-14-18)21(23-4,24-5)25-17(2)3/h13-17,20H,6-12H2,1-5H3. The monoisotopic (exact) mass is 354 g/mol. The van der Waals surface area contributed by atoms with Crippen molar-refractivity contribution in [1.29, 1.82) is 0 Å². The molecule has 0 spiro atoms. The summed E-state index contributed by atoms with van der Waals surface area (Å²) >= 11 is 0. The number of unbranched alkanes of at least 4 members (excludes halogenated alkanes) is 5. The number of hydrogen-bond donors (Lipinski definition) is 0. The summed E-state index contributed by atoms with van der Waals surface area (Å²) in [6.45, 7) is 6.14. The van der Waals surface area contributed by atoms with Crippen molar-refractivity contribution in [2.75, 3.05) is 14.2 Å². The molecule has 0 N–H and O–H groups in total. The van der Waals surface area contributed by atoms with E-state index in [0.717, 1.165) is 18.4 Å². The second-order valence-corrected chi connectivity index (χ2v) is 6.84. The normalized spacial score (nSPS) is 13.4. The summed E-state index contributed by atoms with van der Waals surface area (Å²) < 4.78 is 30.8. The van der Waals surface area contributed by atoms with Crippen LogP contribution < -0.4 is 0 Å². The minimum Gasteiger partial charge on any atom is -0.330 e. The highest BCUT2D eigenvalue weighted by molar-refractivity contribution is 5.22. The van der Waals surface area contributed by atoms with Crippen LogP contribution in [0, 0.1) is 5.82 Å². The third-order valence-electron chi connectivity index (χ3n) is 4.51. The Morgan fingerprint density at radius 2 is 1.48 bits per heavy atom. The first-order chi connectivity index (χ1) is 12.0. The third kappa shape index (κ3) is 7.04. The van der Waals surface area contributed by atoms with Gasteiger partial charge in [-0.25, -0.2) is 4.39 Å². The molecule has 1 atom stereocenters. The Balaban J connectivity index is 2.90. The SMILES string of the molecule is CCCCCCCCC(c1ccc(F)cc1)C(OC)(OC)OC(C)C. The van der Waals surface area contributed by atoms with Crippen LogP contribution in [-0.4, -0.2) is 26.3 Å². The van der Waals surface area contributed by atoms with Gasteiger partial charge in [0.15, 0.2) is 0 Å². The van der Waals surface area contributed by atoms with Crippen LogP contribution in [0.25, 0.3) is 0 Å². The van der Waals surface area contributed by atoms with Crippen LogP contribution in [0.1, 0.15) is 77.2 Å². The van der Waals surface area contributed by atoms with Crippen LogP contribution >= 0.6 is 0 Å². The molecule has 1 rings (SSSR count). The third-order valence-corrected chi connectivity index (χ3v) is 4.51. The molecule has 0 amide bonds. The molecule has 0 aliphatic rings. The largest absolute Gasteiger partial charge is 0.330 e. The van der Waals surface area contributed by atoms with E-state index in [0.29, 0.717) is 0 Å². The Hall–Kier alpha value is -0.970. The molecule has 1 aromatic carbocycles. The van der Waals surface area contributed by atoms with E-state index in [1.807, 2.05) is 13.8 Å². The van der Waals surface area contributed by atoms with Crippen LogP contribution in [-0.2, 0) is 14.2 Å². The molecule has 0 fully saturated rings. The molecule has 3 nitrogen and oxygen atoms in total. The van der Waals surface area contributed by atoms with Crippen molar-refractivity contribution < 1.29 is 18.6 Å². The van der Waals surface area contributed by atoms with Gasteiger partial charge in [0.05, 0.1) is 12.0 Å². The zero-order chi connectivity index (χ0) is 18.7. The summed E-state index contributed by atoms with van der Waals surface area (Å²) in [6.07, 6.45) is 8.10. The van der Waals surface area contributed by atoms with E-state index in [-0.39, 0.29) is 17.8 Å². The first kappa shape index (κ1) is 22.1. The summed E-state index contributed by atoms with van der Waals surface area (Å²) in [4.78, 5) is 0. The van der Waals surface area contributed by atoms with Gasteiger partial charge in [0.25, 0.3) is 5.97 Å². The lowest BCUT2D eigenvalue weighted by molar-refractivity contribution is -0.385. The van der Waals surface area contributed by atoms with E-state index in [9.17, 15) is 4.39 Å². The lowest BCUT2D eigenvalue weighted by atomic mass is 9.90. The van der Waals surface area contributed by atoms with Crippen LogP contribution in [0.5, 0.6) is 0 Å². The maximum atomic E-state index is 13.4. The molecule has 0 saturated carbocycles. The van der Waals surface area contributed by atoms with Crippen LogP contribution in [0.3, 0.4) is 0 Å². The van der Waals surface area contributed by atoms with E-state index in [1.54, 1.807) is 26.4 Å². The predicted molar refractivity (Wildman–Crippen MR) is 100 cm³/mol. The molecule has 0 saturated heterocycles. The van der Waals surface area contributed by atoms with Crippen molar-refractivity contribution in [3.8, 4) is 0 Å².